The summed E-state index contributed by atoms with van der Waals surface area (Å²) >= 11 is 8.56. The van der Waals surface area contributed by atoms with Crippen molar-refractivity contribution in [2.24, 2.45) is 5.14 Å². The topological polar surface area (TPSA) is 69.4 Å². The first kappa shape index (κ1) is 14.5. The van der Waals surface area contributed by atoms with Gasteiger partial charge in [0, 0.05) is 10.0 Å². The minimum Gasteiger partial charge on any atom is -0.488 e. The van der Waals surface area contributed by atoms with Crippen molar-refractivity contribution in [1.82, 2.24) is 0 Å². The van der Waals surface area contributed by atoms with E-state index in [1.165, 1.54) is 11.6 Å². The third kappa shape index (κ3) is 3.99. The van der Waals surface area contributed by atoms with E-state index in [0.717, 1.165) is 0 Å². The second-order valence-corrected chi connectivity index (χ2v) is 5.97. The van der Waals surface area contributed by atoms with Crippen molar-refractivity contribution in [2.45, 2.75) is 11.8 Å². The van der Waals surface area contributed by atoms with Crippen LogP contribution in [0.15, 0.2) is 33.1 Å². The summed E-state index contributed by atoms with van der Waals surface area (Å²) in [5, 5.41) is 5.13. The van der Waals surface area contributed by atoms with Crippen LogP contribution < -0.4 is 9.88 Å². The standard InChI is InChI=1S/C10H11BrClNO3S/c1-7-5-8(11)6-9(17(13,14)15)10(7)16-4-2-3-12/h2-3,5-6H,4H2,1H3,(H2,13,14,15)/b3-2+. The zero-order valence-corrected chi connectivity index (χ0v) is 12.1. The van der Waals surface area contributed by atoms with E-state index in [0.29, 0.717) is 10.0 Å². The first-order valence-corrected chi connectivity index (χ1v) is 7.35. The van der Waals surface area contributed by atoms with E-state index in [9.17, 15) is 8.42 Å². The molecule has 0 unspecified atom stereocenters. The minimum absolute atomic E-state index is 0.0488. The highest BCUT2D eigenvalue weighted by atomic mass is 79.9. The number of sulfonamides is 1. The largest absolute Gasteiger partial charge is 0.488 e. The Bertz CT molecular complexity index is 543. The van der Waals surface area contributed by atoms with Gasteiger partial charge in [0.05, 0.1) is 0 Å². The molecule has 0 amide bonds. The molecule has 1 aromatic carbocycles. The lowest BCUT2D eigenvalue weighted by atomic mass is 10.2. The Morgan fingerprint density at radius 2 is 2.18 bits per heavy atom. The summed E-state index contributed by atoms with van der Waals surface area (Å²) in [6.07, 6.45) is 1.55. The van der Waals surface area contributed by atoms with Crippen LogP contribution in [0.4, 0.5) is 0 Å². The third-order valence-electron chi connectivity index (χ3n) is 1.92. The second-order valence-electron chi connectivity index (χ2n) is 3.27. The number of hydrogen-bond donors (Lipinski definition) is 1. The molecule has 0 heterocycles. The van der Waals surface area contributed by atoms with Crippen molar-refractivity contribution >= 4 is 37.6 Å². The van der Waals surface area contributed by atoms with Gasteiger partial charge in [0.1, 0.15) is 17.3 Å². The highest BCUT2D eigenvalue weighted by Gasteiger charge is 2.18. The Morgan fingerprint density at radius 1 is 1.53 bits per heavy atom. The molecule has 0 aromatic heterocycles. The van der Waals surface area contributed by atoms with E-state index >= 15 is 0 Å². The van der Waals surface area contributed by atoms with E-state index in [2.05, 4.69) is 15.9 Å². The number of primary sulfonamides is 1. The van der Waals surface area contributed by atoms with Gasteiger partial charge in [-0.1, -0.05) is 27.5 Å². The minimum atomic E-state index is -3.83. The molecule has 0 atom stereocenters. The molecule has 17 heavy (non-hydrogen) atoms. The Labute approximate surface area is 114 Å². The van der Waals surface area contributed by atoms with Gasteiger partial charge in [0.15, 0.2) is 0 Å². The third-order valence-corrected chi connectivity index (χ3v) is 3.48. The van der Waals surface area contributed by atoms with Crippen LogP contribution in [0.5, 0.6) is 5.75 Å². The van der Waals surface area contributed by atoms with Gasteiger partial charge in [-0.3, -0.25) is 0 Å². The van der Waals surface area contributed by atoms with E-state index in [1.54, 1.807) is 19.1 Å². The summed E-state index contributed by atoms with van der Waals surface area (Å²) < 4.78 is 28.8. The van der Waals surface area contributed by atoms with E-state index in [1.807, 2.05) is 0 Å². The van der Waals surface area contributed by atoms with Crippen LogP contribution >= 0.6 is 27.5 Å². The molecular formula is C10H11BrClNO3S. The fourth-order valence-electron chi connectivity index (χ4n) is 1.26. The number of halogens is 2. The maximum Gasteiger partial charge on any atom is 0.241 e. The van der Waals surface area contributed by atoms with Gasteiger partial charge in [-0.15, -0.1) is 0 Å². The van der Waals surface area contributed by atoms with Crippen molar-refractivity contribution in [3.63, 3.8) is 0 Å². The van der Waals surface area contributed by atoms with Gasteiger partial charge >= 0.3 is 0 Å². The maximum absolute atomic E-state index is 11.4. The first-order valence-electron chi connectivity index (χ1n) is 4.57. The Hall–Kier alpha value is -0.560. The summed E-state index contributed by atoms with van der Waals surface area (Å²) in [6.45, 7) is 1.91. The van der Waals surface area contributed by atoms with Crippen LogP contribution in [0.25, 0.3) is 0 Å². The van der Waals surface area contributed by atoms with Gasteiger partial charge in [0.2, 0.25) is 10.0 Å². The molecule has 4 nitrogen and oxygen atoms in total. The van der Waals surface area contributed by atoms with Crippen molar-refractivity contribution in [3.8, 4) is 5.75 Å². The quantitative estimate of drug-likeness (QED) is 0.915. The lowest BCUT2D eigenvalue weighted by molar-refractivity contribution is 0.350. The highest BCUT2D eigenvalue weighted by molar-refractivity contribution is 9.10. The molecule has 0 bridgehead atoms. The van der Waals surface area contributed by atoms with Crippen LogP contribution in [0, 0.1) is 6.92 Å². The molecule has 0 aliphatic carbocycles. The average molecular weight is 341 g/mol. The Kier molecular flexibility index (Phi) is 5.00. The van der Waals surface area contributed by atoms with E-state index < -0.39 is 10.0 Å². The molecule has 1 aromatic rings. The fraction of sp³-hybridized carbons (Fsp3) is 0.200. The zero-order chi connectivity index (χ0) is 13.1. The molecule has 0 saturated carbocycles. The Balaban J connectivity index is 3.26. The van der Waals surface area contributed by atoms with Crippen LogP contribution in [-0.4, -0.2) is 15.0 Å². The number of benzene rings is 1. The highest BCUT2D eigenvalue weighted by Crippen LogP contribution is 2.30. The number of aryl methyl sites for hydroxylation is 1. The van der Waals surface area contributed by atoms with E-state index in [4.69, 9.17) is 21.5 Å². The van der Waals surface area contributed by atoms with Crippen LogP contribution in [0.3, 0.4) is 0 Å². The monoisotopic (exact) mass is 339 g/mol. The molecular weight excluding hydrogens is 330 g/mol. The molecule has 0 spiro atoms. The summed E-state index contributed by atoms with van der Waals surface area (Å²) in [6, 6.07) is 3.15. The van der Waals surface area contributed by atoms with Gasteiger partial charge < -0.3 is 4.74 Å². The fourth-order valence-corrected chi connectivity index (χ4v) is 2.83. The van der Waals surface area contributed by atoms with Gasteiger partial charge in [-0.25, -0.2) is 13.6 Å². The van der Waals surface area contributed by atoms with Gasteiger partial charge in [-0.2, -0.15) is 0 Å². The lowest BCUT2D eigenvalue weighted by Crippen LogP contribution is -2.14. The predicted octanol–water partition coefficient (Wildman–Crippen LogP) is 2.54. The van der Waals surface area contributed by atoms with Gasteiger partial charge in [0.25, 0.3) is 0 Å². The Morgan fingerprint density at radius 3 is 2.71 bits per heavy atom. The van der Waals surface area contributed by atoms with E-state index in [-0.39, 0.29) is 17.3 Å². The predicted molar refractivity (Wildman–Crippen MR) is 70.7 cm³/mol. The summed E-state index contributed by atoms with van der Waals surface area (Å²) in [4.78, 5) is -0.0488. The summed E-state index contributed by atoms with van der Waals surface area (Å²) in [5.41, 5.74) is 1.97. The maximum atomic E-state index is 11.4. The summed E-state index contributed by atoms with van der Waals surface area (Å²) in [7, 11) is -3.83. The molecule has 1 rings (SSSR count). The van der Waals surface area contributed by atoms with Crippen molar-refractivity contribution < 1.29 is 13.2 Å². The average Bonchev–Trinajstić information content (AvgIpc) is 2.19. The number of ether oxygens (including phenoxy) is 1. The smallest absolute Gasteiger partial charge is 0.241 e. The molecule has 0 fully saturated rings. The molecule has 0 radical (unpaired) electrons. The van der Waals surface area contributed by atoms with Crippen molar-refractivity contribution in [2.75, 3.05) is 6.61 Å². The normalized spacial score (nSPS) is 12.0. The number of hydrogen-bond acceptors (Lipinski definition) is 3. The molecule has 0 aliphatic rings. The zero-order valence-electron chi connectivity index (χ0n) is 8.98. The molecule has 7 heteroatoms. The molecule has 94 valence electrons. The second kappa shape index (κ2) is 5.86. The SMILES string of the molecule is Cc1cc(Br)cc(S(N)(=O)=O)c1OC/C=C/Cl. The number of rotatable bonds is 4. The molecule has 2 N–H and O–H groups in total. The van der Waals surface area contributed by atoms with Crippen molar-refractivity contribution in [3.05, 3.63) is 33.8 Å². The molecule has 0 aliphatic heterocycles. The first-order chi connectivity index (χ1) is 7.86. The van der Waals surface area contributed by atoms with Crippen molar-refractivity contribution in [1.29, 1.82) is 0 Å². The molecule has 0 saturated heterocycles. The summed E-state index contributed by atoms with van der Waals surface area (Å²) in [5.74, 6) is 0.241. The number of nitrogens with two attached hydrogens (primary N) is 1. The van der Waals surface area contributed by atoms with Crippen LogP contribution in [0.1, 0.15) is 5.56 Å². The van der Waals surface area contributed by atoms with Crippen LogP contribution in [-0.2, 0) is 10.0 Å². The lowest BCUT2D eigenvalue weighted by Gasteiger charge is -2.12. The van der Waals surface area contributed by atoms with Crippen LogP contribution in [0.2, 0.25) is 0 Å². The van der Waals surface area contributed by atoms with Gasteiger partial charge in [-0.05, 0) is 30.7 Å².